The molecule has 1 aliphatic heterocycles. The molecular weight excluding hydrogens is 491 g/mol. The Bertz CT molecular complexity index is 1060. The van der Waals surface area contributed by atoms with Crippen LogP contribution in [0.4, 0.5) is 20.6 Å². The van der Waals surface area contributed by atoms with Crippen molar-refractivity contribution in [2.45, 2.75) is 50.8 Å². The number of fused-ring (bicyclic) bond motifs is 1. The number of anilines is 1. The third-order valence-corrected chi connectivity index (χ3v) is 6.49. The van der Waals surface area contributed by atoms with Crippen molar-refractivity contribution in [3.05, 3.63) is 32.0 Å². The van der Waals surface area contributed by atoms with Crippen molar-refractivity contribution in [1.82, 2.24) is 9.88 Å². The average Bonchev–Trinajstić information content (AvgIpc) is 3.13. The number of likely N-dealkylation sites (tertiary alicyclic amines) is 1. The molecule has 1 unspecified atom stereocenters. The maximum absolute atomic E-state index is 14.9. The van der Waals surface area contributed by atoms with Gasteiger partial charge in [0.15, 0.2) is 10.8 Å². The predicted molar refractivity (Wildman–Crippen MR) is 122 cm³/mol. The quantitative estimate of drug-likeness (QED) is 0.326. The number of nitrogens with zero attached hydrogens (tertiary/aromatic N) is 3. The van der Waals surface area contributed by atoms with Crippen molar-refractivity contribution in [3.63, 3.8) is 0 Å². The first-order valence-corrected chi connectivity index (χ1v) is 11.7. The zero-order valence-electron chi connectivity index (χ0n) is 17.9. The first kappa shape index (κ1) is 23.5. The van der Waals surface area contributed by atoms with Crippen LogP contribution in [0.3, 0.4) is 0 Å². The minimum atomic E-state index is -0.613. The van der Waals surface area contributed by atoms with Crippen molar-refractivity contribution in [2.75, 3.05) is 24.7 Å². The topological polar surface area (TPSA) is 97.6 Å². The number of nitrogens with one attached hydrogen (secondary N) is 1. The van der Waals surface area contributed by atoms with Gasteiger partial charge in [-0.2, -0.15) is 0 Å². The van der Waals surface area contributed by atoms with Crippen LogP contribution >= 0.6 is 27.7 Å². The van der Waals surface area contributed by atoms with E-state index in [1.165, 1.54) is 0 Å². The van der Waals surface area contributed by atoms with Gasteiger partial charge >= 0.3 is 11.8 Å². The highest BCUT2D eigenvalue weighted by molar-refractivity contribution is 9.10. The van der Waals surface area contributed by atoms with Crippen LogP contribution in [-0.2, 0) is 4.74 Å². The molecule has 0 radical (unpaired) electrons. The fourth-order valence-corrected chi connectivity index (χ4v) is 4.32. The molecule has 1 N–H and O–H groups in total. The summed E-state index contributed by atoms with van der Waals surface area (Å²) in [7, 11) is 0. The number of pyridine rings is 1. The van der Waals surface area contributed by atoms with Gasteiger partial charge in [-0.1, -0.05) is 0 Å². The molecule has 31 heavy (non-hydrogen) atoms. The maximum Gasteiger partial charge on any atom is 0.410 e. The standard InChI is InChI=1S/C20H24BrFN4O4S/c1-10-8-12-15(14(22)13(10)21)24-18(31-5)17(26(28)29)16(12)23-11-6-7-25(9-11)19(27)30-20(2,3)4/h8,11H,6-7,9H2,1-5H3,(H,23,24). The van der Waals surface area contributed by atoms with Gasteiger partial charge in [0.2, 0.25) is 0 Å². The van der Waals surface area contributed by atoms with Gasteiger partial charge < -0.3 is 15.0 Å². The van der Waals surface area contributed by atoms with E-state index < -0.39 is 22.4 Å². The van der Waals surface area contributed by atoms with Crippen molar-refractivity contribution in [2.24, 2.45) is 0 Å². The fourth-order valence-electron chi connectivity index (χ4n) is 3.46. The third-order valence-electron chi connectivity index (χ3n) is 4.85. The number of hydrogen-bond acceptors (Lipinski definition) is 7. The van der Waals surface area contributed by atoms with E-state index in [0.717, 1.165) is 11.8 Å². The van der Waals surface area contributed by atoms with E-state index in [1.807, 2.05) is 0 Å². The number of carbonyl (C=O) groups is 1. The van der Waals surface area contributed by atoms with Crippen molar-refractivity contribution in [3.8, 4) is 0 Å². The van der Waals surface area contributed by atoms with Crippen molar-refractivity contribution >= 4 is 56.1 Å². The summed E-state index contributed by atoms with van der Waals surface area (Å²) in [5.74, 6) is -0.565. The van der Waals surface area contributed by atoms with Gasteiger partial charge in [-0.05, 0) is 67.9 Å². The largest absolute Gasteiger partial charge is 0.444 e. The molecule has 1 saturated heterocycles. The first-order valence-electron chi connectivity index (χ1n) is 9.68. The van der Waals surface area contributed by atoms with Crippen LogP contribution in [0.2, 0.25) is 0 Å². The Labute approximate surface area is 192 Å². The minimum Gasteiger partial charge on any atom is -0.444 e. The zero-order valence-corrected chi connectivity index (χ0v) is 20.3. The molecule has 11 heteroatoms. The van der Waals surface area contributed by atoms with Crippen LogP contribution in [0.5, 0.6) is 0 Å². The number of hydrogen-bond donors (Lipinski definition) is 1. The van der Waals surface area contributed by atoms with E-state index >= 15 is 0 Å². The predicted octanol–water partition coefficient (Wildman–Crippen LogP) is 5.50. The van der Waals surface area contributed by atoms with E-state index in [1.54, 1.807) is 44.9 Å². The van der Waals surface area contributed by atoms with E-state index in [4.69, 9.17) is 4.74 Å². The Morgan fingerprint density at radius 2 is 2.16 bits per heavy atom. The second kappa shape index (κ2) is 8.78. The Hall–Kier alpha value is -2.14. The van der Waals surface area contributed by atoms with Gasteiger partial charge in [0, 0.05) is 24.5 Å². The molecule has 1 amide bonds. The van der Waals surface area contributed by atoms with E-state index in [9.17, 15) is 19.3 Å². The molecular formula is C20H24BrFN4O4S. The van der Waals surface area contributed by atoms with Gasteiger partial charge in [0.1, 0.15) is 16.8 Å². The summed E-state index contributed by atoms with van der Waals surface area (Å²) in [5.41, 5.74) is 0.0553. The molecule has 0 aliphatic carbocycles. The molecule has 3 rings (SSSR count). The number of ether oxygens (including phenoxy) is 1. The Kier molecular flexibility index (Phi) is 6.66. The number of carbonyl (C=O) groups excluding carboxylic acids is 1. The highest BCUT2D eigenvalue weighted by atomic mass is 79.9. The fraction of sp³-hybridized carbons (Fsp3) is 0.500. The number of aromatic nitrogens is 1. The lowest BCUT2D eigenvalue weighted by Crippen LogP contribution is -2.36. The van der Waals surface area contributed by atoms with E-state index in [0.29, 0.717) is 30.5 Å². The number of thioether (sulfide) groups is 1. The molecule has 168 valence electrons. The average molecular weight is 515 g/mol. The maximum atomic E-state index is 14.9. The number of halogens is 2. The van der Waals surface area contributed by atoms with Crippen LogP contribution < -0.4 is 5.32 Å². The molecule has 1 aromatic heterocycles. The normalized spacial score (nSPS) is 16.6. The zero-order chi connectivity index (χ0) is 23.1. The van der Waals surface area contributed by atoms with Crippen LogP contribution in [0.25, 0.3) is 10.9 Å². The highest BCUT2D eigenvalue weighted by Crippen LogP contribution is 2.42. The molecule has 2 aromatic rings. The number of amides is 1. The van der Waals surface area contributed by atoms with Gasteiger partial charge in [0.05, 0.1) is 9.40 Å². The second-order valence-corrected chi connectivity index (χ2v) is 9.96. The molecule has 0 bridgehead atoms. The summed E-state index contributed by atoms with van der Waals surface area (Å²) in [6.45, 7) is 7.87. The number of nitro groups is 1. The van der Waals surface area contributed by atoms with Crippen LogP contribution in [-0.4, -0.2) is 51.9 Å². The van der Waals surface area contributed by atoms with Crippen LogP contribution in [0.15, 0.2) is 15.6 Å². The van der Waals surface area contributed by atoms with E-state index in [-0.39, 0.29) is 32.4 Å². The van der Waals surface area contributed by atoms with Gasteiger partial charge in [-0.15, -0.1) is 11.8 Å². The van der Waals surface area contributed by atoms with Crippen molar-refractivity contribution in [1.29, 1.82) is 0 Å². The summed E-state index contributed by atoms with van der Waals surface area (Å²) in [4.78, 5) is 29.6. The van der Waals surface area contributed by atoms with E-state index in [2.05, 4.69) is 26.2 Å². The van der Waals surface area contributed by atoms with Gasteiger partial charge in [0.25, 0.3) is 0 Å². The molecule has 1 aromatic carbocycles. The summed E-state index contributed by atoms with van der Waals surface area (Å²) < 4.78 is 20.6. The summed E-state index contributed by atoms with van der Waals surface area (Å²) in [6.07, 6.45) is 1.81. The molecule has 8 nitrogen and oxygen atoms in total. The monoisotopic (exact) mass is 514 g/mol. The molecule has 1 atom stereocenters. The molecule has 0 spiro atoms. The smallest absolute Gasteiger partial charge is 0.410 e. The van der Waals surface area contributed by atoms with Crippen LogP contribution in [0.1, 0.15) is 32.8 Å². The van der Waals surface area contributed by atoms with Gasteiger partial charge in [-0.3, -0.25) is 10.1 Å². The Balaban J connectivity index is 2.02. The highest BCUT2D eigenvalue weighted by Gasteiger charge is 2.33. The third kappa shape index (κ3) is 4.87. The number of rotatable bonds is 4. The lowest BCUT2D eigenvalue weighted by molar-refractivity contribution is -0.387. The summed E-state index contributed by atoms with van der Waals surface area (Å²) >= 11 is 4.30. The molecule has 1 aliphatic rings. The Morgan fingerprint density at radius 1 is 1.48 bits per heavy atom. The van der Waals surface area contributed by atoms with Gasteiger partial charge in [-0.25, -0.2) is 14.2 Å². The molecule has 2 heterocycles. The molecule has 1 fully saturated rings. The summed E-state index contributed by atoms with van der Waals surface area (Å²) in [6, 6.07) is 1.42. The SMILES string of the molecule is CSc1nc2c(F)c(Br)c(C)cc2c(NC2CCN(C(=O)OC(C)(C)C)C2)c1[N+](=O)[O-]. The Morgan fingerprint density at radius 3 is 2.74 bits per heavy atom. The second-order valence-electron chi connectivity index (χ2n) is 8.38. The first-order chi connectivity index (χ1) is 14.4. The summed E-state index contributed by atoms with van der Waals surface area (Å²) in [5, 5.41) is 15.6. The molecule has 0 saturated carbocycles. The minimum absolute atomic E-state index is 0.0527. The number of aryl methyl sites for hydroxylation is 1. The lowest BCUT2D eigenvalue weighted by atomic mass is 10.1. The van der Waals surface area contributed by atoms with Crippen molar-refractivity contribution < 1.29 is 18.8 Å². The number of benzene rings is 1. The van der Waals surface area contributed by atoms with Crippen LogP contribution in [0, 0.1) is 22.9 Å². The lowest BCUT2D eigenvalue weighted by Gasteiger charge is -2.24.